The standard InChI is InChI=1S/C19H28N2O5S/c1-2-20-27(25,26)15-11-9-14(10-12-15)13-18(22)21-17-8-6-4-3-5-7-16(17)19(23)24/h9-12,16-17,20H,2-8,13H2,1H3,(H,21,22)(H,23,24). The van der Waals surface area contributed by atoms with Crippen molar-refractivity contribution in [3.63, 3.8) is 0 Å². The summed E-state index contributed by atoms with van der Waals surface area (Å²) < 4.78 is 26.3. The van der Waals surface area contributed by atoms with Crippen LogP contribution in [0.5, 0.6) is 0 Å². The number of benzene rings is 1. The summed E-state index contributed by atoms with van der Waals surface area (Å²) in [5.74, 6) is -1.66. The third kappa shape index (κ3) is 6.32. The number of rotatable bonds is 7. The molecule has 150 valence electrons. The van der Waals surface area contributed by atoms with E-state index in [9.17, 15) is 23.1 Å². The van der Waals surface area contributed by atoms with Crippen LogP contribution in [-0.4, -0.2) is 38.0 Å². The Bertz CT molecular complexity index is 746. The second-order valence-electron chi connectivity index (χ2n) is 6.93. The fourth-order valence-corrected chi connectivity index (χ4v) is 4.50. The number of aliphatic carboxylic acids is 1. The molecular weight excluding hydrogens is 368 g/mol. The lowest BCUT2D eigenvalue weighted by Crippen LogP contribution is -2.44. The largest absolute Gasteiger partial charge is 0.481 e. The molecule has 2 rings (SSSR count). The number of amides is 1. The molecule has 0 aliphatic heterocycles. The molecule has 1 saturated carbocycles. The Balaban J connectivity index is 2.00. The lowest BCUT2D eigenvalue weighted by atomic mass is 9.86. The van der Waals surface area contributed by atoms with Gasteiger partial charge in [-0.1, -0.05) is 44.7 Å². The summed E-state index contributed by atoms with van der Waals surface area (Å²) in [5, 5.41) is 12.3. The van der Waals surface area contributed by atoms with Gasteiger partial charge in [0.1, 0.15) is 0 Å². The molecule has 1 aromatic carbocycles. The van der Waals surface area contributed by atoms with Gasteiger partial charge in [0.2, 0.25) is 15.9 Å². The van der Waals surface area contributed by atoms with Gasteiger partial charge in [-0.2, -0.15) is 0 Å². The maximum absolute atomic E-state index is 12.4. The average molecular weight is 397 g/mol. The van der Waals surface area contributed by atoms with E-state index in [0.717, 1.165) is 25.7 Å². The van der Waals surface area contributed by atoms with Gasteiger partial charge in [0, 0.05) is 12.6 Å². The Labute approximate surface area is 160 Å². The summed E-state index contributed by atoms with van der Waals surface area (Å²) in [6.07, 6.45) is 5.20. The lowest BCUT2D eigenvalue weighted by molar-refractivity contribution is -0.143. The second kappa shape index (κ2) is 9.85. The zero-order valence-corrected chi connectivity index (χ0v) is 16.4. The Morgan fingerprint density at radius 1 is 1.07 bits per heavy atom. The van der Waals surface area contributed by atoms with Crippen LogP contribution in [0.1, 0.15) is 51.0 Å². The number of nitrogens with one attached hydrogen (secondary N) is 2. The Morgan fingerprint density at radius 2 is 1.70 bits per heavy atom. The van der Waals surface area contributed by atoms with Gasteiger partial charge < -0.3 is 10.4 Å². The molecule has 2 unspecified atom stereocenters. The molecule has 3 N–H and O–H groups in total. The maximum Gasteiger partial charge on any atom is 0.308 e. The van der Waals surface area contributed by atoms with Crippen LogP contribution in [-0.2, 0) is 26.0 Å². The Hall–Kier alpha value is -1.93. The number of hydrogen-bond donors (Lipinski definition) is 3. The predicted octanol–water partition coefficient (Wildman–Crippen LogP) is 2.07. The molecule has 1 fully saturated rings. The fourth-order valence-electron chi connectivity index (χ4n) is 3.46. The van der Waals surface area contributed by atoms with Gasteiger partial charge in [0.05, 0.1) is 17.2 Å². The minimum Gasteiger partial charge on any atom is -0.481 e. The van der Waals surface area contributed by atoms with Crippen LogP contribution in [0.3, 0.4) is 0 Å². The Morgan fingerprint density at radius 3 is 2.30 bits per heavy atom. The molecule has 0 bridgehead atoms. The summed E-state index contributed by atoms with van der Waals surface area (Å²) in [6, 6.07) is 5.80. The summed E-state index contributed by atoms with van der Waals surface area (Å²) in [7, 11) is -3.52. The van der Waals surface area contributed by atoms with Crippen molar-refractivity contribution >= 4 is 21.9 Å². The van der Waals surface area contributed by atoms with E-state index in [4.69, 9.17) is 0 Å². The molecular formula is C19H28N2O5S. The first kappa shape index (κ1) is 21.4. The molecule has 0 saturated heterocycles. The molecule has 8 heteroatoms. The summed E-state index contributed by atoms with van der Waals surface area (Å²) >= 11 is 0. The molecule has 1 aromatic rings. The summed E-state index contributed by atoms with van der Waals surface area (Å²) in [5.41, 5.74) is 0.681. The van der Waals surface area contributed by atoms with Crippen molar-refractivity contribution < 1.29 is 23.1 Å². The van der Waals surface area contributed by atoms with Crippen molar-refractivity contribution in [1.29, 1.82) is 0 Å². The van der Waals surface area contributed by atoms with E-state index in [-0.39, 0.29) is 23.3 Å². The van der Waals surface area contributed by atoms with Crippen LogP contribution in [0.2, 0.25) is 0 Å². The van der Waals surface area contributed by atoms with Gasteiger partial charge >= 0.3 is 5.97 Å². The highest BCUT2D eigenvalue weighted by molar-refractivity contribution is 7.89. The molecule has 0 aromatic heterocycles. The summed E-state index contributed by atoms with van der Waals surface area (Å²) in [6.45, 7) is 2.01. The predicted molar refractivity (Wildman–Crippen MR) is 102 cm³/mol. The minimum atomic E-state index is -3.52. The third-order valence-corrected chi connectivity index (χ3v) is 6.42. The lowest BCUT2D eigenvalue weighted by Gasteiger charge is -2.27. The molecule has 1 aliphatic carbocycles. The van der Waals surface area contributed by atoms with Gasteiger partial charge in [0.15, 0.2) is 0 Å². The van der Waals surface area contributed by atoms with Crippen molar-refractivity contribution in [1.82, 2.24) is 10.0 Å². The van der Waals surface area contributed by atoms with Crippen LogP contribution >= 0.6 is 0 Å². The van der Waals surface area contributed by atoms with E-state index in [0.29, 0.717) is 24.9 Å². The van der Waals surface area contributed by atoms with Crippen molar-refractivity contribution in [2.45, 2.75) is 62.8 Å². The van der Waals surface area contributed by atoms with Crippen LogP contribution in [0, 0.1) is 5.92 Å². The van der Waals surface area contributed by atoms with Crippen LogP contribution in [0.25, 0.3) is 0 Å². The quantitative estimate of drug-likeness (QED) is 0.653. The smallest absolute Gasteiger partial charge is 0.308 e. The number of hydrogen-bond acceptors (Lipinski definition) is 4. The number of carbonyl (C=O) groups is 2. The maximum atomic E-state index is 12.4. The molecule has 27 heavy (non-hydrogen) atoms. The van der Waals surface area contributed by atoms with Crippen molar-refractivity contribution in [2.75, 3.05) is 6.54 Å². The van der Waals surface area contributed by atoms with Crippen LogP contribution in [0.15, 0.2) is 29.2 Å². The second-order valence-corrected chi connectivity index (χ2v) is 8.70. The molecule has 0 heterocycles. The summed E-state index contributed by atoms with van der Waals surface area (Å²) in [4.78, 5) is 24.1. The highest BCUT2D eigenvalue weighted by Gasteiger charge is 2.29. The van der Waals surface area contributed by atoms with Gasteiger partial charge in [-0.05, 0) is 30.5 Å². The minimum absolute atomic E-state index is 0.0877. The van der Waals surface area contributed by atoms with E-state index in [1.165, 1.54) is 12.1 Å². The molecule has 1 amide bonds. The average Bonchev–Trinajstić information content (AvgIpc) is 2.57. The van der Waals surface area contributed by atoms with Crippen LogP contribution in [0.4, 0.5) is 0 Å². The topological polar surface area (TPSA) is 113 Å². The first-order valence-electron chi connectivity index (χ1n) is 9.44. The zero-order chi connectivity index (χ0) is 19.9. The highest BCUT2D eigenvalue weighted by Crippen LogP contribution is 2.23. The number of carboxylic acids is 1. The number of carboxylic acid groups (broad SMARTS) is 1. The molecule has 0 spiro atoms. The van der Waals surface area contributed by atoms with Crippen molar-refractivity contribution in [3.8, 4) is 0 Å². The highest BCUT2D eigenvalue weighted by atomic mass is 32.2. The first-order valence-corrected chi connectivity index (χ1v) is 10.9. The van der Waals surface area contributed by atoms with Gasteiger partial charge in [-0.25, -0.2) is 13.1 Å². The van der Waals surface area contributed by atoms with Crippen molar-refractivity contribution in [2.24, 2.45) is 5.92 Å². The SMILES string of the molecule is CCNS(=O)(=O)c1ccc(CC(=O)NC2CCCCCCC2C(=O)O)cc1. The Kier molecular flexibility index (Phi) is 7.79. The fraction of sp³-hybridized carbons (Fsp3) is 0.579. The van der Waals surface area contributed by atoms with Gasteiger partial charge in [0.25, 0.3) is 0 Å². The van der Waals surface area contributed by atoms with E-state index in [2.05, 4.69) is 10.0 Å². The number of sulfonamides is 1. The van der Waals surface area contributed by atoms with E-state index < -0.39 is 21.9 Å². The van der Waals surface area contributed by atoms with E-state index >= 15 is 0 Å². The molecule has 1 aliphatic rings. The van der Waals surface area contributed by atoms with Crippen molar-refractivity contribution in [3.05, 3.63) is 29.8 Å². The molecule has 7 nitrogen and oxygen atoms in total. The van der Waals surface area contributed by atoms with Crippen LogP contribution < -0.4 is 10.0 Å². The molecule has 2 atom stereocenters. The molecule has 0 radical (unpaired) electrons. The monoisotopic (exact) mass is 396 g/mol. The van der Waals surface area contributed by atoms with Gasteiger partial charge in [-0.3, -0.25) is 9.59 Å². The van der Waals surface area contributed by atoms with E-state index in [1.807, 2.05) is 0 Å². The van der Waals surface area contributed by atoms with E-state index in [1.54, 1.807) is 19.1 Å². The number of carbonyl (C=O) groups excluding carboxylic acids is 1. The third-order valence-electron chi connectivity index (χ3n) is 4.86. The van der Waals surface area contributed by atoms with Gasteiger partial charge in [-0.15, -0.1) is 0 Å². The first-order chi connectivity index (χ1) is 12.8. The zero-order valence-electron chi connectivity index (χ0n) is 15.6. The normalized spacial score (nSPS) is 21.1.